The van der Waals surface area contributed by atoms with Crippen molar-refractivity contribution >= 4 is 33.7 Å². The molecule has 2 aromatic carbocycles. The third-order valence-corrected chi connectivity index (χ3v) is 9.22. The summed E-state index contributed by atoms with van der Waals surface area (Å²) in [7, 11) is -4.07. The Morgan fingerprint density at radius 3 is 2.20 bits per heavy atom. The van der Waals surface area contributed by atoms with Crippen LogP contribution in [-0.4, -0.2) is 44.5 Å². The largest absolute Gasteiger partial charge is 0.336 e. The Morgan fingerprint density at radius 1 is 0.950 bits per heavy atom. The molecule has 0 spiro atoms. The van der Waals surface area contributed by atoms with Crippen molar-refractivity contribution in [3.63, 3.8) is 0 Å². The minimum atomic E-state index is -4.07. The molecule has 0 saturated carbocycles. The summed E-state index contributed by atoms with van der Waals surface area (Å²) in [5.41, 5.74) is 10.6. The lowest BCUT2D eigenvalue weighted by atomic mass is 9.99. The topological polar surface area (TPSA) is 137 Å². The lowest BCUT2D eigenvalue weighted by Crippen LogP contribution is -2.49. The highest BCUT2D eigenvalue weighted by Gasteiger charge is 2.28. The van der Waals surface area contributed by atoms with Crippen LogP contribution in [0, 0.1) is 0 Å². The number of urea groups is 2. The van der Waals surface area contributed by atoms with Crippen LogP contribution in [0.2, 0.25) is 0 Å². The van der Waals surface area contributed by atoms with Crippen molar-refractivity contribution in [1.82, 2.24) is 20.5 Å². The summed E-state index contributed by atoms with van der Waals surface area (Å²) < 4.78 is 28.0. The summed E-state index contributed by atoms with van der Waals surface area (Å²) in [6, 6.07) is 7.17. The van der Waals surface area contributed by atoms with Gasteiger partial charge in [-0.05, 0) is 104 Å². The Labute approximate surface area is 234 Å². The second-order valence-electron chi connectivity index (χ2n) is 10.6. The molecule has 212 valence electrons. The molecule has 0 unspecified atom stereocenters. The maximum absolute atomic E-state index is 12.9. The van der Waals surface area contributed by atoms with Crippen LogP contribution >= 0.6 is 0 Å². The highest BCUT2D eigenvalue weighted by atomic mass is 32.2. The maximum atomic E-state index is 12.9. The first-order chi connectivity index (χ1) is 19.2. The van der Waals surface area contributed by atoms with E-state index >= 15 is 0 Å². The van der Waals surface area contributed by atoms with Crippen molar-refractivity contribution in [2.45, 2.75) is 70.1 Å². The monoisotopic (exact) mass is 565 g/mol. The average molecular weight is 566 g/mol. The van der Waals surface area contributed by atoms with Crippen LogP contribution in [-0.2, 0) is 46.9 Å². The van der Waals surface area contributed by atoms with Gasteiger partial charge in [-0.25, -0.2) is 33.2 Å². The average Bonchev–Trinajstić information content (AvgIpc) is 3.63. The molecular weight excluding hydrogens is 530 g/mol. The van der Waals surface area contributed by atoms with E-state index in [1.54, 1.807) is 12.1 Å². The van der Waals surface area contributed by atoms with Gasteiger partial charge in [0.15, 0.2) is 0 Å². The predicted octanol–water partition coefficient (Wildman–Crippen LogP) is 3.50. The number of benzene rings is 2. The van der Waals surface area contributed by atoms with E-state index in [9.17, 15) is 22.8 Å². The second-order valence-corrected chi connectivity index (χ2v) is 12.2. The van der Waals surface area contributed by atoms with Crippen LogP contribution in [0.3, 0.4) is 0 Å². The molecule has 0 radical (unpaired) electrons. The molecule has 4 N–H and O–H groups in total. The van der Waals surface area contributed by atoms with Gasteiger partial charge in [-0.1, -0.05) is 25.1 Å². The molecule has 0 atom stereocenters. The number of hydrogen-bond donors (Lipinski definition) is 4. The van der Waals surface area contributed by atoms with Crippen LogP contribution in [0.4, 0.5) is 15.3 Å². The number of fused-ring (bicyclic) bond motifs is 2. The van der Waals surface area contributed by atoms with E-state index in [4.69, 9.17) is 0 Å². The van der Waals surface area contributed by atoms with Gasteiger partial charge in [-0.2, -0.15) is 0 Å². The van der Waals surface area contributed by atoms with Crippen LogP contribution in [0.15, 0.2) is 46.4 Å². The van der Waals surface area contributed by atoms with Gasteiger partial charge in [-0.3, -0.25) is 4.79 Å². The summed E-state index contributed by atoms with van der Waals surface area (Å²) in [6.45, 7) is 4.44. The van der Waals surface area contributed by atoms with E-state index in [-0.39, 0.29) is 10.8 Å². The molecule has 11 heteroatoms. The standard InChI is InChI=1S/C29H35N5O5S/c1-3-23-18(2)17-34(27(23)35)32-28(36)30-15-14-19-10-12-22(13-11-19)40(38,39)33-29(37)31-26-24-8-4-6-20(24)16-21-7-5-9-25(21)26/h10-13,16H,3-9,14-15,17H2,1-2H3,(H2,30,32,36)(H2,31,33,37). The van der Waals surface area contributed by atoms with Crippen molar-refractivity contribution in [3.05, 3.63) is 69.3 Å². The normalized spacial score (nSPS) is 16.1. The maximum Gasteiger partial charge on any atom is 0.333 e. The summed E-state index contributed by atoms with van der Waals surface area (Å²) in [5.74, 6) is -0.189. The van der Waals surface area contributed by atoms with Crippen molar-refractivity contribution in [2.24, 2.45) is 0 Å². The molecule has 2 aliphatic carbocycles. The molecule has 0 aromatic heterocycles. The van der Waals surface area contributed by atoms with E-state index < -0.39 is 22.1 Å². The number of aryl methyl sites for hydroxylation is 2. The minimum Gasteiger partial charge on any atom is -0.336 e. The number of nitrogens with zero attached hydrogens (tertiary/aromatic N) is 1. The predicted molar refractivity (Wildman–Crippen MR) is 151 cm³/mol. The number of rotatable bonds is 8. The fourth-order valence-electron chi connectivity index (χ4n) is 5.90. The first kappa shape index (κ1) is 27.7. The second kappa shape index (κ2) is 11.3. The molecule has 0 bridgehead atoms. The number of carbonyl (C=O) groups is 3. The Kier molecular flexibility index (Phi) is 7.84. The number of hydrogen-bond acceptors (Lipinski definition) is 5. The van der Waals surface area contributed by atoms with Gasteiger partial charge in [0.2, 0.25) is 0 Å². The zero-order valence-corrected chi connectivity index (χ0v) is 23.7. The Balaban J connectivity index is 1.13. The van der Waals surface area contributed by atoms with E-state index in [1.807, 2.05) is 13.8 Å². The minimum absolute atomic E-state index is 0.0252. The summed E-state index contributed by atoms with van der Waals surface area (Å²) >= 11 is 0. The van der Waals surface area contributed by atoms with Crippen molar-refractivity contribution in [2.75, 3.05) is 18.4 Å². The number of nitrogens with one attached hydrogen (secondary N) is 4. The molecular formula is C29H35N5O5S. The Morgan fingerprint density at radius 2 is 1.60 bits per heavy atom. The van der Waals surface area contributed by atoms with Gasteiger partial charge >= 0.3 is 12.1 Å². The highest BCUT2D eigenvalue weighted by Crippen LogP contribution is 2.38. The van der Waals surface area contributed by atoms with E-state index in [0.717, 1.165) is 72.0 Å². The third-order valence-electron chi connectivity index (χ3n) is 7.88. The molecule has 2 aromatic rings. The number of amides is 5. The fraction of sp³-hybridized carbons (Fsp3) is 0.414. The molecule has 1 aliphatic heterocycles. The van der Waals surface area contributed by atoms with Gasteiger partial charge in [-0.15, -0.1) is 0 Å². The number of anilines is 1. The van der Waals surface area contributed by atoms with Gasteiger partial charge in [0, 0.05) is 17.8 Å². The van der Waals surface area contributed by atoms with Gasteiger partial charge < -0.3 is 10.6 Å². The summed E-state index contributed by atoms with van der Waals surface area (Å²) in [4.78, 5) is 37.3. The van der Waals surface area contributed by atoms with E-state index in [1.165, 1.54) is 28.3 Å². The molecule has 1 heterocycles. The molecule has 0 saturated heterocycles. The Bertz CT molecular complexity index is 1470. The van der Waals surface area contributed by atoms with Gasteiger partial charge in [0.25, 0.3) is 15.9 Å². The zero-order chi connectivity index (χ0) is 28.4. The van der Waals surface area contributed by atoms with E-state index in [0.29, 0.717) is 25.9 Å². The lowest BCUT2D eigenvalue weighted by Gasteiger charge is -2.18. The van der Waals surface area contributed by atoms with Crippen molar-refractivity contribution < 1.29 is 22.8 Å². The van der Waals surface area contributed by atoms with Crippen LogP contribution in [0.1, 0.15) is 60.9 Å². The number of carbonyl (C=O) groups excluding carboxylic acids is 3. The molecule has 10 nitrogen and oxygen atoms in total. The lowest BCUT2D eigenvalue weighted by molar-refractivity contribution is -0.127. The summed E-state index contributed by atoms with van der Waals surface area (Å²) in [6.07, 6.45) is 6.89. The van der Waals surface area contributed by atoms with Crippen LogP contribution in [0.25, 0.3) is 0 Å². The smallest absolute Gasteiger partial charge is 0.333 e. The van der Waals surface area contributed by atoms with Crippen molar-refractivity contribution in [3.8, 4) is 0 Å². The van der Waals surface area contributed by atoms with Crippen LogP contribution < -0.4 is 20.8 Å². The van der Waals surface area contributed by atoms with E-state index in [2.05, 4.69) is 26.8 Å². The fourth-order valence-corrected chi connectivity index (χ4v) is 6.81. The van der Waals surface area contributed by atoms with Gasteiger partial charge in [0.05, 0.1) is 11.4 Å². The number of hydrazine groups is 1. The molecule has 5 amide bonds. The first-order valence-electron chi connectivity index (χ1n) is 13.8. The third kappa shape index (κ3) is 5.70. The van der Waals surface area contributed by atoms with Crippen molar-refractivity contribution in [1.29, 1.82) is 0 Å². The number of sulfonamides is 1. The molecule has 5 rings (SSSR count). The first-order valence-corrected chi connectivity index (χ1v) is 15.3. The van der Waals surface area contributed by atoms with Crippen LogP contribution in [0.5, 0.6) is 0 Å². The molecule has 3 aliphatic rings. The molecule has 40 heavy (non-hydrogen) atoms. The Hall–Kier alpha value is -3.86. The quantitative estimate of drug-likeness (QED) is 0.388. The summed E-state index contributed by atoms with van der Waals surface area (Å²) in [5, 5.41) is 6.86. The SMILES string of the molecule is CCC1=C(C)CN(NC(=O)NCCc2ccc(S(=O)(=O)NC(=O)Nc3c4c(cc5c3CCC5)CCC4)cc2)C1=O. The van der Waals surface area contributed by atoms with Gasteiger partial charge in [0.1, 0.15) is 0 Å². The molecule has 0 fully saturated rings. The highest BCUT2D eigenvalue weighted by molar-refractivity contribution is 7.90. The zero-order valence-electron chi connectivity index (χ0n) is 22.9.